The van der Waals surface area contributed by atoms with Crippen LogP contribution in [0.25, 0.3) is 0 Å². The first-order valence-electron chi connectivity index (χ1n) is 5.64. The molecule has 0 aromatic heterocycles. The van der Waals surface area contributed by atoms with Crippen molar-refractivity contribution in [3.63, 3.8) is 0 Å². The number of alkyl halides is 3. The minimum absolute atomic E-state index is 0.274. The predicted molar refractivity (Wildman–Crippen MR) is 61.5 cm³/mol. The Morgan fingerprint density at radius 1 is 1.39 bits per heavy atom. The van der Waals surface area contributed by atoms with Crippen molar-refractivity contribution in [3.05, 3.63) is 23.8 Å². The number of rotatable bonds is 5. The quantitative estimate of drug-likeness (QED) is 0.802. The van der Waals surface area contributed by atoms with Crippen LogP contribution in [0, 0.1) is 0 Å². The summed E-state index contributed by atoms with van der Waals surface area (Å²) in [5.41, 5.74) is 4.68. The van der Waals surface area contributed by atoms with Gasteiger partial charge in [-0.3, -0.25) is 0 Å². The SMILES string of the molecule is CCCCOc1ccc(O)c([C@H](N)C(F)(F)F)c1. The normalized spacial score (nSPS) is 13.4. The molecule has 3 N–H and O–H groups in total. The van der Waals surface area contributed by atoms with E-state index in [9.17, 15) is 18.3 Å². The van der Waals surface area contributed by atoms with Crippen molar-refractivity contribution >= 4 is 0 Å². The van der Waals surface area contributed by atoms with E-state index < -0.39 is 18.0 Å². The Morgan fingerprint density at radius 3 is 2.61 bits per heavy atom. The predicted octanol–water partition coefficient (Wildman–Crippen LogP) is 3.13. The van der Waals surface area contributed by atoms with Crippen LogP contribution in [0.3, 0.4) is 0 Å². The number of phenols is 1. The molecule has 1 aromatic rings. The van der Waals surface area contributed by atoms with Crippen LogP contribution in [0.1, 0.15) is 31.4 Å². The highest BCUT2D eigenvalue weighted by atomic mass is 19.4. The van der Waals surface area contributed by atoms with Gasteiger partial charge in [-0.2, -0.15) is 13.2 Å². The molecule has 0 amide bonds. The van der Waals surface area contributed by atoms with Crippen LogP contribution in [-0.4, -0.2) is 17.9 Å². The number of hydrogen-bond acceptors (Lipinski definition) is 3. The monoisotopic (exact) mass is 263 g/mol. The van der Waals surface area contributed by atoms with Crippen molar-refractivity contribution in [2.75, 3.05) is 6.61 Å². The number of nitrogens with two attached hydrogens (primary N) is 1. The maximum Gasteiger partial charge on any atom is 0.407 e. The molecule has 0 aliphatic carbocycles. The average molecular weight is 263 g/mol. The van der Waals surface area contributed by atoms with Crippen LogP contribution < -0.4 is 10.5 Å². The average Bonchev–Trinajstić information content (AvgIpc) is 2.29. The molecular formula is C12H16F3NO2. The van der Waals surface area contributed by atoms with Crippen molar-refractivity contribution in [2.45, 2.75) is 32.0 Å². The number of hydrogen-bond donors (Lipinski definition) is 2. The molecule has 0 bridgehead atoms. The fourth-order valence-corrected chi connectivity index (χ4v) is 1.38. The first-order valence-corrected chi connectivity index (χ1v) is 5.64. The van der Waals surface area contributed by atoms with E-state index in [0.717, 1.165) is 25.0 Å². The van der Waals surface area contributed by atoms with E-state index in [4.69, 9.17) is 10.5 Å². The number of aromatic hydroxyl groups is 1. The number of ether oxygens (including phenoxy) is 1. The molecule has 0 radical (unpaired) electrons. The molecule has 0 saturated carbocycles. The first-order chi connectivity index (χ1) is 8.36. The van der Waals surface area contributed by atoms with E-state index in [-0.39, 0.29) is 11.3 Å². The topological polar surface area (TPSA) is 55.5 Å². The van der Waals surface area contributed by atoms with Gasteiger partial charge in [0.15, 0.2) is 0 Å². The number of phenolic OH excluding ortho intramolecular Hbond substituents is 1. The fourth-order valence-electron chi connectivity index (χ4n) is 1.38. The molecule has 6 heteroatoms. The standard InChI is InChI=1S/C12H16F3NO2/c1-2-3-6-18-8-4-5-10(17)9(7-8)11(16)12(13,14)15/h4-5,7,11,17H,2-3,6,16H2,1H3/t11-/m0/s1. The number of unbranched alkanes of at least 4 members (excludes halogenated alkanes) is 1. The van der Waals surface area contributed by atoms with Gasteiger partial charge in [0.1, 0.15) is 17.5 Å². The molecule has 3 nitrogen and oxygen atoms in total. The van der Waals surface area contributed by atoms with Crippen molar-refractivity contribution in [3.8, 4) is 11.5 Å². The Balaban J connectivity index is 2.87. The summed E-state index contributed by atoms with van der Waals surface area (Å²) >= 11 is 0. The second-order valence-corrected chi connectivity index (χ2v) is 3.94. The summed E-state index contributed by atoms with van der Waals surface area (Å²) in [5, 5.41) is 9.40. The van der Waals surface area contributed by atoms with Gasteiger partial charge in [-0.05, 0) is 24.6 Å². The summed E-state index contributed by atoms with van der Waals surface area (Å²) in [6.45, 7) is 2.40. The lowest BCUT2D eigenvalue weighted by Crippen LogP contribution is -2.28. The third-order valence-electron chi connectivity index (χ3n) is 2.45. The Hall–Kier alpha value is -1.43. The van der Waals surface area contributed by atoms with Crippen LogP contribution in [0.2, 0.25) is 0 Å². The lowest BCUT2D eigenvalue weighted by Gasteiger charge is -2.18. The van der Waals surface area contributed by atoms with E-state index in [0.29, 0.717) is 6.61 Å². The molecule has 102 valence electrons. The Bertz CT molecular complexity index is 393. The van der Waals surface area contributed by atoms with E-state index in [1.54, 1.807) is 0 Å². The van der Waals surface area contributed by atoms with Crippen molar-refractivity contribution in [1.29, 1.82) is 0 Å². The molecule has 1 atom stereocenters. The van der Waals surface area contributed by atoms with Crippen LogP contribution in [0.15, 0.2) is 18.2 Å². The fraction of sp³-hybridized carbons (Fsp3) is 0.500. The minimum Gasteiger partial charge on any atom is -0.508 e. The van der Waals surface area contributed by atoms with Crippen molar-refractivity contribution < 1.29 is 23.0 Å². The van der Waals surface area contributed by atoms with Crippen molar-refractivity contribution in [2.24, 2.45) is 5.73 Å². The third-order valence-corrected chi connectivity index (χ3v) is 2.45. The second kappa shape index (κ2) is 5.95. The lowest BCUT2D eigenvalue weighted by atomic mass is 10.1. The number of benzene rings is 1. The van der Waals surface area contributed by atoms with Gasteiger partial charge in [-0.1, -0.05) is 13.3 Å². The zero-order chi connectivity index (χ0) is 13.8. The maximum atomic E-state index is 12.5. The van der Waals surface area contributed by atoms with Crippen LogP contribution in [0.4, 0.5) is 13.2 Å². The zero-order valence-corrected chi connectivity index (χ0v) is 10.00. The molecule has 0 heterocycles. The highest BCUT2D eigenvalue weighted by molar-refractivity contribution is 5.41. The van der Waals surface area contributed by atoms with E-state index in [1.165, 1.54) is 6.07 Å². The van der Waals surface area contributed by atoms with Gasteiger partial charge in [-0.15, -0.1) is 0 Å². The van der Waals surface area contributed by atoms with E-state index in [2.05, 4.69) is 0 Å². The minimum atomic E-state index is -4.60. The Labute approximate surface area is 103 Å². The summed E-state index contributed by atoms with van der Waals surface area (Å²) in [6.07, 6.45) is -2.87. The molecule has 1 aromatic carbocycles. The largest absolute Gasteiger partial charge is 0.508 e. The Morgan fingerprint density at radius 2 is 2.06 bits per heavy atom. The summed E-state index contributed by atoms with van der Waals surface area (Å²) in [5.74, 6) is -0.210. The molecular weight excluding hydrogens is 247 g/mol. The molecule has 0 spiro atoms. The van der Waals surface area contributed by atoms with Gasteiger partial charge >= 0.3 is 6.18 Å². The van der Waals surface area contributed by atoms with Gasteiger partial charge in [-0.25, -0.2) is 0 Å². The second-order valence-electron chi connectivity index (χ2n) is 3.94. The summed E-state index contributed by atoms with van der Waals surface area (Å²) in [6, 6.07) is 1.48. The molecule has 0 aliphatic rings. The lowest BCUT2D eigenvalue weighted by molar-refractivity contribution is -0.149. The smallest absolute Gasteiger partial charge is 0.407 e. The molecule has 1 rings (SSSR count). The van der Waals surface area contributed by atoms with Crippen LogP contribution >= 0.6 is 0 Å². The molecule has 0 aliphatic heterocycles. The highest BCUT2D eigenvalue weighted by Gasteiger charge is 2.39. The van der Waals surface area contributed by atoms with Gasteiger partial charge < -0.3 is 15.6 Å². The highest BCUT2D eigenvalue weighted by Crippen LogP contribution is 2.36. The molecule has 0 unspecified atom stereocenters. The summed E-state index contributed by atoms with van der Waals surface area (Å²) < 4.78 is 42.7. The third kappa shape index (κ3) is 3.80. The summed E-state index contributed by atoms with van der Waals surface area (Å²) in [4.78, 5) is 0. The van der Waals surface area contributed by atoms with Crippen LogP contribution in [-0.2, 0) is 0 Å². The zero-order valence-electron chi connectivity index (χ0n) is 10.00. The van der Waals surface area contributed by atoms with Gasteiger partial charge in [0.2, 0.25) is 0 Å². The van der Waals surface area contributed by atoms with Crippen LogP contribution in [0.5, 0.6) is 11.5 Å². The molecule has 18 heavy (non-hydrogen) atoms. The van der Waals surface area contributed by atoms with Gasteiger partial charge in [0, 0.05) is 5.56 Å². The Kier molecular flexibility index (Phi) is 4.84. The maximum absolute atomic E-state index is 12.5. The van der Waals surface area contributed by atoms with E-state index >= 15 is 0 Å². The van der Waals surface area contributed by atoms with Gasteiger partial charge in [0.05, 0.1) is 6.61 Å². The molecule has 0 saturated heterocycles. The first kappa shape index (κ1) is 14.6. The van der Waals surface area contributed by atoms with Gasteiger partial charge in [0.25, 0.3) is 0 Å². The number of halogens is 3. The molecule has 0 fully saturated rings. The van der Waals surface area contributed by atoms with E-state index in [1.807, 2.05) is 6.92 Å². The summed E-state index contributed by atoms with van der Waals surface area (Å²) in [7, 11) is 0. The van der Waals surface area contributed by atoms with Crippen molar-refractivity contribution in [1.82, 2.24) is 0 Å².